The molecule has 0 bridgehead atoms. The quantitative estimate of drug-likeness (QED) is 0.172. The average Bonchev–Trinajstić information content (AvgIpc) is 4.10. The summed E-state index contributed by atoms with van der Waals surface area (Å²) >= 11 is 0. The van der Waals surface area contributed by atoms with Crippen LogP contribution in [-0.2, 0) is 0 Å². The normalized spacial score (nSPS) is 12.1. The van der Waals surface area contributed by atoms with Gasteiger partial charge in [-0.3, -0.25) is 0 Å². The molecule has 69 heavy (non-hydrogen) atoms. The molecule has 4 heterocycles. The van der Waals surface area contributed by atoms with Crippen molar-refractivity contribution < 1.29 is 8.83 Å². The predicted octanol–water partition coefficient (Wildman–Crippen LogP) is 16.9. The minimum absolute atomic E-state index is 0.522. The second-order valence-electron chi connectivity index (χ2n) is 17.9. The van der Waals surface area contributed by atoms with Crippen LogP contribution in [0.5, 0.6) is 0 Å². The van der Waals surface area contributed by atoms with Gasteiger partial charge in [-0.2, -0.15) is 0 Å². The first-order valence-electron chi connectivity index (χ1n) is 23.2. The Morgan fingerprint density at radius 3 is 1.78 bits per heavy atom. The summed E-state index contributed by atoms with van der Waals surface area (Å²) in [6.07, 6.45) is 0. The van der Waals surface area contributed by atoms with E-state index in [1.165, 1.54) is 32.3 Å². The van der Waals surface area contributed by atoms with Crippen LogP contribution in [0.1, 0.15) is 0 Å². The van der Waals surface area contributed by atoms with E-state index in [9.17, 15) is 0 Å². The Kier molecular flexibility index (Phi) is 7.97. The van der Waals surface area contributed by atoms with Crippen molar-refractivity contribution in [1.82, 2.24) is 19.5 Å². The summed E-state index contributed by atoms with van der Waals surface area (Å²) < 4.78 is 15.6. The molecule has 0 atom stereocenters. The molecular weight excluding hydrogens is 845 g/mol. The van der Waals surface area contributed by atoms with Crippen molar-refractivity contribution in [3.63, 3.8) is 0 Å². The maximum atomic E-state index is 6.96. The highest BCUT2D eigenvalue weighted by Gasteiger charge is 2.23. The topological polar surface area (TPSA) is 69.9 Å². The molecule has 0 N–H and O–H groups in total. The molecule has 6 nitrogen and oxygen atoms in total. The number of nitrogens with zero attached hydrogens (tertiary/aromatic N) is 4. The summed E-state index contributed by atoms with van der Waals surface area (Å²) in [6.45, 7) is 0. The van der Waals surface area contributed by atoms with Crippen molar-refractivity contribution in [2.24, 2.45) is 0 Å². The number of aromatic nitrogens is 4. The van der Waals surface area contributed by atoms with Crippen molar-refractivity contribution in [2.75, 3.05) is 0 Å². The van der Waals surface area contributed by atoms with Gasteiger partial charge in [0.25, 0.3) is 0 Å². The van der Waals surface area contributed by atoms with Gasteiger partial charge in [0, 0.05) is 49.1 Å². The molecule has 0 fully saturated rings. The van der Waals surface area contributed by atoms with Crippen LogP contribution >= 0.6 is 0 Å². The summed E-state index contributed by atoms with van der Waals surface area (Å²) in [5.41, 5.74) is 11.3. The van der Waals surface area contributed by atoms with E-state index in [1.807, 2.05) is 48.5 Å². The Labute approximate surface area is 394 Å². The Morgan fingerprint density at radius 2 is 0.942 bits per heavy atom. The van der Waals surface area contributed by atoms with Gasteiger partial charge in [0.05, 0.1) is 16.6 Å². The predicted molar refractivity (Wildman–Crippen MR) is 283 cm³/mol. The summed E-state index contributed by atoms with van der Waals surface area (Å²) in [5.74, 6) is 1.64. The van der Waals surface area contributed by atoms with Crippen LogP contribution in [0.15, 0.2) is 227 Å². The first-order valence-corrected chi connectivity index (χ1v) is 23.2. The smallest absolute Gasteiger partial charge is 0.167 e. The van der Waals surface area contributed by atoms with Crippen LogP contribution in [0.2, 0.25) is 0 Å². The van der Waals surface area contributed by atoms with Crippen molar-refractivity contribution in [3.05, 3.63) is 218 Å². The van der Waals surface area contributed by atoms with Crippen LogP contribution in [0.25, 0.3) is 149 Å². The molecule has 0 aliphatic rings. The number of benzene rings is 11. The van der Waals surface area contributed by atoms with E-state index in [2.05, 4.69) is 174 Å². The monoisotopic (exact) mass is 880 g/mol. The molecule has 0 saturated heterocycles. The largest absolute Gasteiger partial charge is 0.456 e. The highest BCUT2D eigenvalue weighted by atomic mass is 16.3. The lowest BCUT2D eigenvalue weighted by molar-refractivity contribution is 0.669. The number of fused-ring (bicyclic) bond motifs is 14. The van der Waals surface area contributed by atoms with Gasteiger partial charge >= 0.3 is 0 Å². The minimum Gasteiger partial charge on any atom is -0.456 e. The van der Waals surface area contributed by atoms with Crippen molar-refractivity contribution in [2.45, 2.75) is 0 Å². The maximum absolute atomic E-state index is 6.96. The fourth-order valence-electron chi connectivity index (χ4n) is 10.8. The maximum Gasteiger partial charge on any atom is 0.167 e. The van der Waals surface area contributed by atoms with E-state index in [1.54, 1.807) is 0 Å². The zero-order valence-electron chi connectivity index (χ0n) is 36.9. The lowest BCUT2D eigenvalue weighted by atomic mass is 9.99. The molecule has 0 unspecified atom stereocenters. The van der Waals surface area contributed by atoms with E-state index in [4.69, 9.17) is 23.8 Å². The molecule has 6 heteroatoms. The van der Waals surface area contributed by atoms with Crippen molar-refractivity contribution >= 4 is 98.0 Å². The molecule has 320 valence electrons. The fourth-order valence-corrected chi connectivity index (χ4v) is 10.8. The molecule has 0 aliphatic heterocycles. The van der Waals surface area contributed by atoms with Crippen molar-refractivity contribution in [1.29, 1.82) is 0 Å². The van der Waals surface area contributed by atoms with E-state index in [0.717, 1.165) is 99.2 Å². The second kappa shape index (κ2) is 14.6. The second-order valence-corrected chi connectivity index (χ2v) is 17.9. The Morgan fingerprint density at radius 1 is 0.304 bits per heavy atom. The van der Waals surface area contributed by atoms with Gasteiger partial charge < -0.3 is 13.4 Å². The van der Waals surface area contributed by atoms with Gasteiger partial charge in [-0.15, -0.1) is 0 Å². The number of furan rings is 2. The lowest BCUT2D eigenvalue weighted by Crippen LogP contribution is -2.01. The minimum atomic E-state index is 0.522. The van der Waals surface area contributed by atoms with Crippen LogP contribution in [0.4, 0.5) is 0 Å². The van der Waals surface area contributed by atoms with E-state index >= 15 is 0 Å². The zero-order valence-corrected chi connectivity index (χ0v) is 36.9. The summed E-state index contributed by atoms with van der Waals surface area (Å²) in [6, 6.07) is 77.0. The first kappa shape index (κ1) is 37.8. The molecule has 0 amide bonds. The summed E-state index contributed by atoms with van der Waals surface area (Å²) in [7, 11) is 0. The van der Waals surface area contributed by atoms with Gasteiger partial charge in [-0.05, 0) is 116 Å². The van der Waals surface area contributed by atoms with Gasteiger partial charge in [0.15, 0.2) is 17.5 Å². The Balaban J connectivity index is 0.985. The molecule has 0 radical (unpaired) electrons. The van der Waals surface area contributed by atoms with Crippen molar-refractivity contribution in [3.8, 4) is 51.0 Å². The standard InChI is InChI=1S/C63H36N4O2/c1-2-13-37(14-3-1)39-18-12-19-43(31-39)61-64-62(44-27-30-57-50(34-44)47-21-8-10-23-55(47)68-57)66-63(65-61)52-33-42-25-28-45(36-49(42)59-48-22-9-11-24-56(48)69-60(52)59)67-53-29-26-38-15-6-7-20-46(38)58(53)51-32-40-16-4-5-17-41(40)35-54(51)67/h1-36H. The zero-order chi connectivity index (χ0) is 45.2. The average molecular weight is 881 g/mol. The third-order valence-corrected chi connectivity index (χ3v) is 14.0. The van der Waals surface area contributed by atoms with E-state index in [-0.39, 0.29) is 0 Å². The number of hydrogen-bond donors (Lipinski definition) is 0. The van der Waals surface area contributed by atoms with Gasteiger partial charge in [0.1, 0.15) is 22.3 Å². The Bertz CT molecular complexity index is 4620. The fraction of sp³-hybridized carbons (Fsp3) is 0. The van der Waals surface area contributed by atoms with Crippen LogP contribution < -0.4 is 0 Å². The van der Waals surface area contributed by atoms with E-state index in [0.29, 0.717) is 17.5 Å². The molecular formula is C63H36N4O2. The van der Waals surface area contributed by atoms with Crippen LogP contribution in [0.3, 0.4) is 0 Å². The summed E-state index contributed by atoms with van der Waals surface area (Å²) in [5, 5.41) is 13.6. The molecule has 15 rings (SSSR count). The SMILES string of the molecule is c1ccc(-c2cccc(-c3nc(-c4ccc5oc6ccccc6c5c4)nc(-c4cc5ccc(-n6c7cc8ccccc8cc7c7c8ccccc8ccc76)cc5c5c4oc4ccccc45)n3)c2)cc1. The number of rotatable bonds is 5. The van der Waals surface area contributed by atoms with Crippen LogP contribution in [-0.4, -0.2) is 19.5 Å². The van der Waals surface area contributed by atoms with Crippen LogP contribution in [0, 0.1) is 0 Å². The van der Waals surface area contributed by atoms with Gasteiger partial charge in [-0.1, -0.05) is 146 Å². The van der Waals surface area contributed by atoms with Gasteiger partial charge in [0.2, 0.25) is 0 Å². The molecule has 11 aromatic carbocycles. The van der Waals surface area contributed by atoms with E-state index < -0.39 is 0 Å². The molecule has 4 aromatic heterocycles. The molecule has 0 aliphatic carbocycles. The first-order chi connectivity index (χ1) is 34.2. The molecule has 15 aromatic rings. The molecule has 0 saturated carbocycles. The lowest BCUT2D eigenvalue weighted by Gasteiger charge is -2.13. The number of hydrogen-bond acceptors (Lipinski definition) is 5. The third-order valence-electron chi connectivity index (χ3n) is 14.0. The third kappa shape index (κ3) is 5.82. The van der Waals surface area contributed by atoms with Gasteiger partial charge in [-0.25, -0.2) is 15.0 Å². The summed E-state index contributed by atoms with van der Waals surface area (Å²) in [4.78, 5) is 15.9. The highest BCUT2D eigenvalue weighted by Crippen LogP contribution is 2.44. The Hall–Kier alpha value is -9.39. The highest BCUT2D eigenvalue weighted by molar-refractivity contribution is 6.25. The number of para-hydroxylation sites is 2. The molecule has 0 spiro atoms.